The van der Waals surface area contributed by atoms with E-state index >= 15 is 0 Å². The summed E-state index contributed by atoms with van der Waals surface area (Å²) in [5.41, 5.74) is 1.10. The van der Waals surface area contributed by atoms with E-state index in [0.29, 0.717) is 24.7 Å². The fourth-order valence-corrected chi connectivity index (χ4v) is 4.34. The number of sulfone groups is 1. The Hall–Kier alpha value is -2.46. The predicted molar refractivity (Wildman–Crippen MR) is 109 cm³/mol. The highest BCUT2D eigenvalue weighted by molar-refractivity contribution is 7.90. The minimum Gasteiger partial charge on any atom is -0.444 e. The van der Waals surface area contributed by atoms with Gasteiger partial charge in [0.25, 0.3) is 5.69 Å². The van der Waals surface area contributed by atoms with Crippen LogP contribution in [0.5, 0.6) is 0 Å². The molecule has 1 aliphatic heterocycles. The number of benzene rings is 1. The molecule has 0 atom stereocenters. The lowest BCUT2D eigenvalue weighted by molar-refractivity contribution is -0.387. The maximum atomic E-state index is 11.9. The van der Waals surface area contributed by atoms with E-state index in [1.165, 1.54) is 12.1 Å². The Bertz CT molecular complexity index is 975. The molecule has 1 aromatic carbocycles. The van der Waals surface area contributed by atoms with Crippen LogP contribution in [0.15, 0.2) is 27.5 Å². The molecule has 0 saturated carbocycles. The van der Waals surface area contributed by atoms with Crippen LogP contribution in [0.4, 0.5) is 11.4 Å². The zero-order chi connectivity index (χ0) is 21.2. The SMILES string of the molecule is Cc1nc(CN2CCC(CNc3ccc([N+](=O)[O-])c(S(C)(=O)=O)c3)CC2)oc1C. The molecule has 0 spiro atoms. The summed E-state index contributed by atoms with van der Waals surface area (Å²) in [6.45, 7) is 7.11. The molecule has 0 radical (unpaired) electrons. The molecule has 29 heavy (non-hydrogen) atoms. The van der Waals surface area contributed by atoms with E-state index in [1.54, 1.807) is 6.07 Å². The highest BCUT2D eigenvalue weighted by Gasteiger charge is 2.24. The van der Waals surface area contributed by atoms with Crippen molar-refractivity contribution in [2.24, 2.45) is 5.92 Å². The van der Waals surface area contributed by atoms with Gasteiger partial charge in [0, 0.05) is 24.6 Å². The summed E-state index contributed by atoms with van der Waals surface area (Å²) in [5.74, 6) is 2.04. The van der Waals surface area contributed by atoms with Gasteiger partial charge in [-0.05, 0) is 57.8 Å². The molecule has 1 saturated heterocycles. The molecule has 1 aliphatic rings. The lowest BCUT2D eigenvalue weighted by Gasteiger charge is -2.31. The Morgan fingerprint density at radius 2 is 2.00 bits per heavy atom. The third-order valence-electron chi connectivity index (χ3n) is 5.29. The highest BCUT2D eigenvalue weighted by atomic mass is 32.2. The number of piperidine rings is 1. The van der Waals surface area contributed by atoms with Crippen LogP contribution in [0.1, 0.15) is 30.2 Å². The van der Waals surface area contributed by atoms with Gasteiger partial charge in [-0.3, -0.25) is 15.0 Å². The number of rotatable bonds is 7. The van der Waals surface area contributed by atoms with E-state index in [2.05, 4.69) is 15.2 Å². The standard InChI is InChI=1S/C19H26N4O5S/c1-13-14(2)28-19(21-13)12-22-8-6-15(7-9-22)11-20-16-4-5-17(23(24)25)18(10-16)29(3,26)27/h4-5,10,15,20H,6-9,11-12H2,1-3H3. The fraction of sp³-hybridized carbons (Fsp3) is 0.526. The van der Waals surface area contributed by atoms with Crippen molar-refractivity contribution < 1.29 is 17.8 Å². The number of nitrogens with zero attached hydrogens (tertiary/aromatic N) is 3. The Morgan fingerprint density at radius 3 is 2.55 bits per heavy atom. The van der Waals surface area contributed by atoms with Gasteiger partial charge in [0.05, 0.1) is 17.2 Å². The van der Waals surface area contributed by atoms with Crippen LogP contribution in [-0.2, 0) is 16.4 Å². The molecule has 0 bridgehead atoms. The van der Waals surface area contributed by atoms with Crippen molar-refractivity contribution in [3.8, 4) is 0 Å². The van der Waals surface area contributed by atoms with Crippen molar-refractivity contribution in [3.63, 3.8) is 0 Å². The molecule has 1 N–H and O–H groups in total. The van der Waals surface area contributed by atoms with Crippen LogP contribution in [-0.4, -0.2) is 49.1 Å². The number of nitro benzene ring substituents is 1. The molecule has 3 rings (SSSR count). The van der Waals surface area contributed by atoms with Crippen LogP contribution >= 0.6 is 0 Å². The second-order valence-corrected chi connectivity index (χ2v) is 9.55. The lowest BCUT2D eigenvalue weighted by atomic mass is 9.96. The summed E-state index contributed by atoms with van der Waals surface area (Å²) in [5, 5.41) is 14.3. The predicted octanol–water partition coefficient (Wildman–Crippen LogP) is 2.93. The number of aromatic nitrogens is 1. The van der Waals surface area contributed by atoms with E-state index < -0.39 is 20.4 Å². The lowest BCUT2D eigenvalue weighted by Crippen LogP contribution is -2.35. The average Bonchev–Trinajstić information content (AvgIpc) is 2.97. The van der Waals surface area contributed by atoms with Crippen LogP contribution in [0, 0.1) is 29.9 Å². The summed E-state index contributed by atoms with van der Waals surface area (Å²) < 4.78 is 29.4. The first-order chi connectivity index (χ1) is 13.6. The second-order valence-electron chi connectivity index (χ2n) is 7.56. The highest BCUT2D eigenvalue weighted by Crippen LogP contribution is 2.28. The molecule has 9 nitrogen and oxygen atoms in total. The largest absolute Gasteiger partial charge is 0.444 e. The van der Waals surface area contributed by atoms with E-state index in [0.717, 1.165) is 49.5 Å². The number of likely N-dealkylation sites (tertiary alicyclic amines) is 1. The Labute approximate surface area is 170 Å². The Kier molecular flexibility index (Phi) is 6.23. The molecule has 158 valence electrons. The average molecular weight is 423 g/mol. The zero-order valence-electron chi connectivity index (χ0n) is 16.8. The van der Waals surface area contributed by atoms with Crippen LogP contribution in [0.25, 0.3) is 0 Å². The number of anilines is 1. The van der Waals surface area contributed by atoms with E-state index in [-0.39, 0.29) is 4.90 Å². The first-order valence-electron chi connectivity index (χ1n) is 9.51. The summed E-state index contributed by atoms with van der Waals surface area (Å²) in [7, 11) is -3.69. The first-order valence-corrected chi connectivity index (χ1v) is 11.4. The molecule has 1 aromatic heterocycles. The van der Waals surface area contributed by atoms with Crippen molar-refractivity contribution in [1.29, 1.82) is 0 Å². The number of hydrogen-bond acceptors (Lipinski definition) is 8. The van der Waals surface area contributed by atoms with Crippen molar-refractivity contribution in [2.45, 2.75) is 38.1 Å². The van der Waals surface area contributed by atoms with Crippen LogP contribution in [0.2, 0.25) is 0 Å². The molecule has 0 unspecified atom stereocenters. The summed E-state index contributed by atoms with van der Waals surface area (Å²) in [6, 6.07) is 4.13. The van der Waals surface area contributed by atoms with E-state index in [1.807, 2.05) is 13.8 Å². The summed E-state index contributed by atoms with van der Waals surface area (Å²) in [6.07, 6.45) is 2.97. The van der Waals surface area contributed by atoms with Gasteiger partial charge in [-0.15, -0.1) is 0 Å². The van der Waals surface area contributed by atoms with Crippen LogP contribution < -0.4 is 5.32 Å². The molecule has 10 heteroatoms. The summed E-state index contributed by atoms with van der Waals surface area (Å²) in [4.78, 5) is 16.9. The monoisotopic (exact) mass is 422 g/mol. The molecular weight excluding hydrogens is 396 g/mol. The van der Waals surface area contributed by atoms with Gasteiger partial charge in [-0.25, -0.2) is 13.4 Å². The van der Waals surface area contributed by atoms with Crippen molar-refractivity contribution >= 4 is 21.2 Å². The number of nitro groups is 1. The first kappa shape index (κ1) is 21.3. The summed E-state index contributed by atoms with van der Waals surface area (Å²) >= 11 is 0. The molecule has 2 aromatic rings. The van der Waals surface area contributed by atoms with Gasteiger partial charge < -0.3 is 9.73 Å². The minimum atomic E-state index is -3.69. The van der Waals surface area contributed by atoms with Gasteiger partial charge in [0.15, 0.2) is 9.84 Å². The number of nitrogens with one attached hydrogen (secondary N) is 1. The Morgan fingerprint density at radius 1 is 1.31 bits per heavy atom. The van der Waals surface area contributed by atoms with Crippen molar-refractivity contribution in [2.75, 3.05) is 31.2 Å². The number of aryl methyl sites for hydroxylation is 2. The van der Waals surface area contributed by atoms with Gasteiger partial charge in [0.2, 0.25) is 5.89 Å². The maximum absolute atomic E-state index is 11.9. The third kappa shape index (κ3) is 5.33. The van der Waals surface area contributed by atoms with Gasteiger partial charge >= 0.3 is 0 Å². The third-order valence-corrected chi connectivity index (χ3v) is 6.42. The van der Waals surface area contributed by atoms with Crippen molar-refractivity contribution in [1.82, 2.24) is 9.88 Å². The molecular formula is C19H26N4O5S. The van der Waals surface area contributed by atoms with Crippen molar-refractivity contribution in [3.05, 3.63) is 45.7 Å². The smallest absolute Gasteiger partial charge is 0.288 e. The quantitative estimate of drug-likeness (QED) is 0.534. The zero-order valence-corrected chi connectivity index (χ0v) is 17.7. The fourth-order valence-electron chi connectivity index (χ4n) is 3.48. The normalized spacial score (nSPS) is 16.1. The maximum Gasteiger partial charge on any atom is 0.288 e. The van der Waals surface area contributed by atoms with Crippen LogP contribution in [0.3, 0.4) is 0 Å². The number of oxazole rings is 1. The number of hydrogen-bond donors (Lipinski definition) is 1. The van der Waals surface area contributed by atoms with E-state index in [4.69, 9.17) is 4.42 Å². The Balaban J connectivity index is 1.54. The van der Waals surface area contributed by atoms with E-state index in [9.17, 15) is 18.5 Å². The van der Waals surface area contributed by atoms with Gasteiger partial charge in [-0.2, -0.15) is 0 Å². The molecule has 0 amide bonds. The second kappa shape index (κ2) is 8.50. The molecule has 0 aliphatic carbocycles. The van der Waals surface area contributed by atoms with Gasteiger partial charge in [0.1, 0.15) is 10.7 Å². The topological polar surface area (TPSA) is 119 Å². The molecule has 2 heterocycles. The van der Waals surface area contributed by atoms with Gasteiger partial charge in [-0.1, -0.05) is 0 Å². The minimum absolute atomic E-state index is 0.265. The molecule has 1 fully saturated rings.